The smallest absolute Gasteiger partial charge is 0.277 e. The molecule has 9 heteroatoms. The third kappa shape index (κ3) is 3.56. The minimum atomic E-state index is -0.359. The van der Waals surface area contributed by atoms with Crippen LogP contribution in [0.1, 0.15) is 34.6 Å². The first kappa shape index (κ1) is 20.4. The van der Waals surface area contributed by atoms with E-state index in [0.29, 0.717) is 16.5 Å². The van der Waals surface area contributed by atoms with Gasteiger partial charge in [-0.15, -0.1) is 10.2 Å². The normalized spacial score (nSPS) is 13.7. The van der Waals surface area contributed by atoms with Crippen LogP contribution in [0.5, 0.6) is 0 Å². The van der Waals surface area contributed by atoms with Crippen LogP contribution >= 0.6 is 11.6 Å². The second-order valence-electron chi connectivity index (χ2n) is 7.87. The number of carbonyl (C=O) groups is 1. The van der Waals surface area contributed by atoms with Gasteiger partial charge in [0, 0.05) is 29.5 Å². The molecule has 0 bridgehead atoms. The van der Waals surface area contributed by atoms with Gasteiger partial charge < -0.3 is 10.2 Å². The molecule has 1 fully saturated rings. The van der Waals surface area contributed by atoms with Gasteiger partial charge >= 0.3 is 0 Å². The Morgan fingerprint density at radius 2 is 1.75 bits per heavy atom. The Bertz CT molecular complexity index is 1290. The van der Waals surface area contributed by atoms with Gasteiger partial charge in [0.05, 0.1) is 5.39 Å². The molecule has 162 valence electrons. The third-order valence-corrected chi connectivity index (χ3v) is 6.17. The van der Waals surface area contributed by atoms with Crippen molar-refractivity contribution in [3.63, 3.8) is 0 Å². The Morgan fingerprint density at radius 1 is 1.00 bits per heavy atom. The molecule has 3 aromatic heterocycles. The number of hydrogen-bond donors (Lipinski definition) is 1. The third-order valence-electron chi connectivity index (χ3n) is 5.92. The van der Waals surface area contributed by atoms with E-state index in [0.717, 1.165) is 54.1 Å². The monoisotopic (exact) mass is 447 g/mol. The fraction of sp³-hybridized carbons (Fsp3) is 0.261. The fourth-order valence-electron chi connectivity index (χ4n) is 4.13. The van der Waals surface area contributed by atoms with Crippen LogP contribution in [0.4, 0.5) is 11.6 Å². The number of hydrogen-bond acceptors (Lipinski definition) is 6. The number of benzene rings is 1. The summed E-state index contributed by atoms with van der Waals surface area (Å²) in [6.07, 6.45) is 3.76. The van der Waals surface area contributed by atoms with Gasteiger partial charge in [-0.1, -0.05) is 11.6 Å². The maximum Gasteiger partial charge on any atom is 0.277 e. The molecule has 1 amide bonds. The van der Waals surface area contributed by atoms with Gasteiger partial charge in [-0.2, -0.15) is 0 Å². The second kappa shape index (κ2) is 8.20. The first-order valence-electron chi connectivity index (χ1n) is 10.5. The van der Waals surface area contributed by atoms with E-state index in [1.807, 2.05) is 48.7 Å². The SMILES string of the molecule is Cc1c(C)n(-c2ccc(Cl)cc2)c2ncnc(NC(=O)c3ccc(N4CCCC4)nn3)c12. The highest BCUT2D eigenvalue weighted by Crippen LogP contribution is 2.31. The van der Waals surface area contributed by atoms with Gasteiger partial charge in [-0.25, -0.2) is 9.97 Å². The molecule has 0 aliphatic carbocycles. The van der Waals surface area contributed by atoms with Crippen molar-refractivity contribution in [1.82, 2.24) is 24.7 Å². The number of anilines is 2. The topological polar surface area (TPSA) is 88.8 Å². The van der Waals surface area contributed by atoms with E-state index in [9.17, 15) is 4.79 Å². The summed E-state index contributed by atoms with van der Waals surface area (Å²) in [7, 11) is 0. The quantitative estimate of drug-likeness (QED) is 0.500. The molecule has 1 N–H and O–H groups in total. The van der Waals surface area contributed by atoms with Crippen LogP contribution in [-0.4, -0.2) is 43.7 Å². The highest BCUT2D eigenvalue weighted by atomic mass is 35.5. The van der Waals surface area contributed by atoms with E-state index in [4.69, 9.17) is 11.6 Å². The molecule has 1 aliphatic rings. The van der Waals surface area contributed by atoms with Gasteiger partial charge in [-0.05, 0) is 68.7 Å². The Kier molecular flexibility index (Phi) is 5.22. The van der Waals surface area contributed by atoms with Crippen molar-refractivity contribution < 1.29 is 4.79 Å². The molecule has 0 spiro atoms. The summed E-state index contributed by atoms with van der Waals surface area (Å²) >= 11 is 6.05. The number of nitrogens with one attached hydrogen (secondary N) is 1. The van der Waals surface area contributed by atoms with Crippen molar-refractivity contribution in [3.05, 3.63) is 64.7 Å². The Hall–Kier alpha value is -3.52. The van der Waals surface area contributed by atoms with Crippen molar-refractivity contribution >= 4 is 40.2 Å². The number of halogens is 1. The summed E-state index contributed by atoms with van der Waals surface area (Å²) in [5.41, 5.74) is 3.88. The lowest BCUT2D eigenvalue weighted by Gasteiger charge is -2.15. The van der Waals surface area contributed by atoms with Crippen LogP contribution in [0.2, 0.25) is 5.02 Å². The number of fused-ring (bicyclic) bond motifs is 1. The van der Waals surface area contributed by atoms with Crippen LogP contribution in [0.3, 0.4) is 0 Å². The van der Waals surface area contributed by atoms with Crippen LogP contribution in [-0.2, 0) is 0 Å². The number of aryl methyl sites for hydroxylation is 1. The van der Waals surface area contributed by atoms with Gasteiger partial charge in [0.2, 0.25) is 0 Å². The Morgan fingerprint density at radius 3 is 2.44 bits per heavy atom. The Balaban J connectivity index is 1.47. The van der Waals surface area contributed by atoms with Crippen LogP contribution in [0.15, 0.2) is 42.7 Å². The molecule has 0 atom stereocenters. The van der Waals surface area contributed by atoms with E-state index in [2.05, 4.69) is 30.4 Å². The summed E-state index contributed by atoms with van der Waals surface area (Å²) < 4.78 is 2.03. The van der Waals surface area contributed by atoms with E-state index in [-0.39, 0.29) is 11.6 Å². The lowest BCUT2D eigenvalue weighted by Crippen LogP contribution is -2.21. The minimum absolute atomic E-state index is 0.242. The summed E-state index contributed by atoms with van der Waals surface area (Å²) in [4.78, 5) is 23.9. The lowest BCUT2D eigenvalue weighted by atomic mass is 10.2. The number of carbonyl (C=O) groups excluding carboxylic acids is 1. The average molecular weight is 448 g/mol. The summed E-state index contributed by atoms with van der Waals surface area (Å²) in [6, 6.07) is 11.1. The Labute approximate surface area is 190 Å². The maximum atomic E-state index is 12.9. The molecule has 1 aliphatic heterocycles. The molecule has 4 heterocycles. The number of amides is 1. The fourth-order valence-corrected chi connectivity index (χ4v) is 4.26. The molecule has 5 rings (SSSR count). The molecule has 4 aromatic rings. The lowest BCUT2D eigenvalue weighted by molar-refractivity contribution is 0.102. The first-order chi connectivity index (χ1) is 15.5. The zero-order valence-corrected chi connectivity index (χ0v) is 18.6. The van der Waals surface area contributed by atoms with Crippen molar-refractivity contribution in [3.8, 4) is 5.69 Å². The van der Waals surface area contributed by atoms with Gasteiger partial charge in [-0.3, -0.25) is 9.36 Å². The zero-order chi connectivity index (χ0) is 22.2. The van der Waals surface area contributed by atoms with Gasteiger partial charge in [0.1, 0.15) is 12.1 Å². The van der Waals surface area contributed by atoms with Gasteiger partial charge in [0.15, 0.2) is 17.2 Å². The predicted octanol–water partition coefficient (Wildman–Crippen LogP) is 4.33. The van der Waals surface area contributed by atoms with Crippen molar-refractivity contribution in [2.24, 2.45) is 0 Å². The standard InChI is InChI=1S/C23H22ClN7O/c1-14-15(2)31(17-7-5-16(24)6-8-17)22-20(14)21(25-13-26-22)27-23(32)18-9-10-19(29-28-18)30-11-3-4-12-30/h5-10,13H,3-4,11-12H2,1-2H3,(H,25,26,27,32). The van der Waals surface area contributed by atoms with Crippen LogP contribution < -0.4 is 10.2 Å². The van der Waals surface area contributed by atoms with E-state index in [1.54, 1.807) is 6.07 Å². The van der Waals surface area contributed by atoms with Crippen LogP contribution in [0.25, 0.3) is 16.7 Å². The average Bonchev–Trinajstić information content (AvgIpc) is 3.43. The van der Waals surface area contributed by atoms with E-state index in [1.165, 1.54) is 6.33 Å². The molecule has 8 nitrogen and oxygen atoms in total. The molecule has 32 heavy (non-hydrogen) atoms. The minimum Gasteiger partial charge on any atom is -0.355 e. The number of rotatable bonds is 4. The predicted molar refractivity (Wildman–Crippen MR) is 125 cm³/mol. The molecule has 0 radical (unpaired) electrons. The molecule has 1 saturated heterocycles. The van der Waals surface area contributed by atoms with Crippen molar-refractivity contribution in [1.29, 1.82) is 0 Å². The number of nitrogens with zero attached hydrogens (tertiary/aromatic N) is 6. The molecular weight excluding hydrogens is 426 g/mol. The van der Waals surface area contributed by atoms with Crippen molar-refractivity contribution in [2.45, 2.75) is 26.7 Å². The molecule has 0 saturated carbocycles. The highest BCUT2D eigenvalue weighted by molar-refractivity contribution is 6.30. The molecule has 0 unspecified atom stereocenters. The highest BCUT2D eigenvalue weighted by Gasteiger charge is 2.20. The van der Waals surface area contributed by atoms with E-state index >= 15 is 0 Å². The maximum absolute atomic E-state index is 12.9. The van der Waals surface area contributed by atoms with E-state index < -0.39 is 0 Å². The van der Waals surface area contributed by atoms with Crippen LogP contribution in [0, 0.1) is 13.8 Å². The first-order valence-corrected chi connectivity index (χ1v) is 10.9. The van der Waals surface area contributed by atoms with Gasteiger partial charge in [0.25, 0.3) is 5.91 Å². The summed E-state index contributed by atoms with van der Waals surface area (Å²) in [5, 5.41) is 12.7. The van der Waals surface area contributed by atoms with Crippen molar-refractivity contribution in [2.75, 3.05) is 23.3 Å². The number of aromatic nitrogens is 5. The second-order valence-corrected chi connectivity index (χ2v) is 8.30. The summed E-state index contributed by atoms with van der Waals surface area (Å²) in [6.45, 7) is 5.96. The molecular formula is C23H22ClN7O. The zero-order valence-electron chi connectivity index (χ0n) is 17.8. The largest absolute Gasteiger partial charge is 0.355 e. The summed E-state index contributed by atoms with van der Waals surface area (Å²) in [5.74, 6) is 0.885. The molecule has 1 aromatic carbocycles.